The maximum Gasteiger partial charge on any atom is 0.422 e. The van der Waals surface area contributed by atoms with E-state index < -0.39 is 24.7 Å². The van der Waals surface area contributed by atoms with Gasteiger partial charge in [-0.15, -0.1) is 0 Å². The lowest BCUT2D eigenvalue weighted by molar-refractivity contribution is -0.154. The van der Waals surface area contributed by atoms with Crippen LogP contribution in [0.25, 0.3) is 0 Å². The normalized spacial score (nSPS) is 21.1. The van der Waals surface area contributed by atoms with E-state index >= 15 is 0 Å². The summed E-state index contributed by atoms with van der Waals surface area (Å²) in [6.45, 7) is -1.48. The van der Waals surface area contributed by atoms with Crippen LogP contribution in [0.3, 0.4) is 0 Å². The molecule has 0 bridgehead atoms. The summed E-state index contributed by atoms with van der Waals surface area (Å²) in [5.41, 5.74) is 0.141. The molecule has 132 valence electrons. The van der Waals surface area contributed by atoms with Crippen molar-refractivity contribution in [1.82, 2.24) is 10.3 Å². The van der Waals surface area contributed by atoms with Crippen LogP contribution in [0.4, 0.5) is 13.2 Å². The van der Waals surface area contributed by atoms with Gasteiger partial charge in [-0.25, -0.2) is 4.98 Å². The van der Waals surface area contributed by atoms with Gasteiger partial charge < -0.3 is 15.2 Å². The van der Waals surface area contributed by atoms with Crippen molar-refractivity contribution in [2.75, 3.05) is 6.61 Å². The van der Waals surface area contributed by atoms with E-state index in [9.17, 15) is 22.8 Å². The molecule has 1 heterocycles. The third-order valence-electron chi connectivity index (χ3n) is 3.79. The third-order valence-corrected chi connectivity index (χ3v) is 3.79. The molecule has 24 heavy (non-hydrogen) atoms. The van der Waals surface area contributed by atoms with Crippen LogP contribution in [-0.2, 0) is 4.79 Å². The van der Waals surface area contributed by atoms with Gasteiger partial charge in [0.15, 0.2) is 6.61 Å². The summed E-state index contributed by atoms with van der Waals surface area (Å²) in [6, 6.07) is 2.36. The third kappa shape index (κ3) is 5.39. The van der Waals surface area contributed by atoms with Crippen molar-refractivity contribution in [2.24, 2.45) is 5.92 Å². The minimum atomic E-state index is -4.48. The Morgan fingerprint density at radius 3 is 2.54 bits per heavy atom. The Kier molecular flexibility index (Phi) is 5.63. The van der Waals surface area contributed by atoms with Crippen molar-refractivity contribution >= 4 is 11.9 Å². The van der Waals surface area contributed by atoms with Crippen LogP contribution in [0.5, 0.6) is 5.88 Å². The Balaban J connectivity index is 1.90. The molecular weight excluding hydrogens is 329 g/mol. The first-order chi connectivity index (χ1) is 11.2. The molecule has 1 saturated carbocycles. The topological polar surface area (TPSA) is 88.5 Å². The number of hydrogen-bond acceptors (Lipinski definition) is 4. The summed E-state index contributed by atoms with van der Waals surface area (Å²) in [5, 5.41) is 11.7. The molecule has 2 N–H and O–H groups in total. The molecule has 1 amide bonds. The van der Waals surface area contributed by atoms with Crippen molar-refractivity contribution in [3.05, 3.63) is 23.9 Å². The second-order valence-corrected chi connectivity index (χ2v) is 5.65. The van der Waals surface area contributed by atoms with E-state index in [1.165, 1.54) is 12.3 Å². The molecule has 1 aliphatic rings. The van der Waals surface area contributed by atoms with Gasteiger partial charge in [-0.1, -0.05) is 0 Å². The van der Waals surface area contributed by atoms with Gasteiger partial charge in [-0.3, -0.25) is 9.59 Å². The van der Waals surface area contributed by atoms with Crippen molar-refractivity contribution in [3.63, 3.8) is 0 Å². The first-order valence-corrected chi connectivity index (χ1v) is 7.44. The van der Waals surface area contributed by atoms with Crippen LogP contribution in [0.1, 0.15) is 36.0 Å². The molecule has 6 nitrogen and oxygen atoms in total. The number of aliphatic carboxylic acids is 1. The van der Waals surface area contributed by atoms with Gasteiger partial charge >= 0.3 is 12.1 Å². The fourth-order valence-corrected chi connectivity index (χ4v) is 2.54. The molecule has 0 spiro atoms. The summed E-state index contributed by atoms with van der Waals surface area (Å²) in [4.78, 5) is 26.7. The lowest BCUT2D eigenvalue weighted by Crippen LogP contribution is -2.38. The van der Waals surface area contributed by atoms with Gasteiger partial charge in [0.05, 0.1) is 5.92 Å². The highest BCUT2D eigenvalue weighted by molar-refractivity contribution is 5.94. The Bertz CT molecular complexity index is 599. The predicted octanol–water partition coefficient (Wildman–Crippen LogP) is 2.40. The fourth-order valence-electron chi connectivity index (χ4n) is 2.54. The van der Waals surface area contributed by atoms with Crippen molar-refractivity contribution in [1.29, 1.82) is 0 Å². The number of rotatable bonds is 5. The molecule has 0 radical (unpaired) electrons. The maximum atomic E-state index is 12.1. The van der Waals surface area contributed by atoms with Crippen LogP contribution in [-0.4, -0.2) is 40.8 Å². The van der Waals surface area contributed by atoms with E-state index in [0.29, 0.717) is 25.7 Å². The van der Waals surface area contributed by atoms with E-state index in [2.05, 4.69) is 15.0 Å². The molecule has 1 aliphatic carbocycles. The minimum absolute atomic E-state index is 0.141. The standard InChI is InChI=1S/C15H17F3N2O4/c16-15(17,18)8-24-12-7-10(5-6-19-12)13(21)20-11-3-1-9(2-4-11)14(22)23/h5-7,9,11H,1-4,8H2,(H,20,21)(H,22,23). The van der Waals surface area contributed by atoms with E-state index in [0.717, 1.165) is 6.07 Å². The zero-order valence-electron chi connectivity index (χ0n) is 12.7. The number of aromatic nitrogens is 1. The molecule has 0 aromatic carbocycles. The molecule has 0 aliphatic heterocycles. The SMILES string of the molecule is O=C(NC1CCC(C(=O)O)CC1)c1ccnc(OCC(F)(F)F)c1. The molecule has 2 rings (SSSR count). The Hall–Kier alpha value is -2.32. The molecule has 9 heteroatoms. The summed E-state index contributed by atoms with van der Waals surface area (Å²) >= 11 is 0. The second-order valence-electron chi connectivity index (χ2n) is 5.65. The van der Waals surface area contributed by atoms with Gasteiger partial charge in [0.2, 0.25) is 5.88 Å². The number of halogens is 3. The average molecular weight is 346 g/mol. The number of alkyl halides is 3. The van der Waals surface area contributed by atoms with E-state index in [4.69, 9.17) is 5.11 Å². The fraction of sp³-hybridized carbons (Fsp3) is 0.533. The number of carboxylic acid groups (broad SMARTS) is 1. The van der Waals surface area contributed by atoms with Gasteiger partial charge in [-0.05, 0) is 31.7 Å². The number of amides is 1. The number of nitrogens with zero attached hydrogens (tertiary/aromatic N) is 1. The quantitative estimate of drug-likeness (QED) is 0.855. The highest BCUT2D eigenvalue weighted by Crippen LogP contribution is 2.25. The second kappa shape index (κ2) is 7.50. The zero-order chi connectivity index (χ0) is 17.7. The average Bonchev–Trinajstić information content (AvgIpc) is 2.53. The molecule has 1 fully saturated rings. The van der Waals surface area contributed by atoms with E-state index in [1.807, 2.05) is 0 Å². The Morgan fingerprint density at radius 2 is 1.96 bits per heavy atom. The van der Waals surface area contributed by atoms with Gasteiger partial charge in [0, 0.05) is 23.9 Å². The predicted molar refractivity (Wildman–Crippen MR) is 76.6 cm³/mol. The van der Waals surface area contributed by atoms with E-state index in [-0.39, 0.29) is 23.4 Å². The van der Waals surface area contributed by atoms with Crippen molar-refractivity contribution < 1.29 is 32.6 Å². The molecule has 0 atom stereocenters. The van der Waals surface area contributed by atoms with Gasteiger partial charge in [0.25, 0.3) is 5.91 Å². The first kappa shape index (κ1) is 18.0. The summed E-state index contributed by atoms with van der Waals surface area (Å²) < 4.78 is 40.9. The van der Waals surface area contributed by atoms with Crippen molar-refractivity contribution in [3.8, 4) is 5.88 Å². The summed E-state index contributed by atoms with van der Waals surface area (Å²) in [7, 11) is 0. The first-order valence-electron chi connectivity index (χ1n) is 7.44. The summed E-state index contributed by atoms with van der Waals surface area (Å²) in [6.07, 6.45) is -1.23. The number of carboxylic acids is 1. The number of hydrogen-bond donors (Lipinski definition) is 2. The Morgan fingerprint density at radius 1 is 1.29 bits per heavy atom. The van der Waals surface area contributed by atoms with E-state index in [1.54, 1.807) is 0 Å². The van der Waals surface area contributed by atoms with Crippen LogP contribution >= 0.6 is 0 Å². The molecule has 0 saturated heterocycles. The lowest BCUT2D eigenvalue weighted by atomic mass is 9.86. The molecule has 1 aromatic heterocycles. The maximum absolute atomic E-state index is 12.1. The van der Waals surface area contributed by atoms with Crippen LogP contribution in [0.2, 0.25) is 0 Å². The largest absolute Gasteiger partial charge is 0.481 e. The minimum Gasteiger partial charge on any atom is -0.481 e. The monoisotopic (exact) mass is 346 g/mol. The molecule has 1 aromatic rings. The number of carbonyl (C=O) groups is 2. The highest BCUT2D eigenvalue weighted by Gasteiger charge is 2.29. The van der Waals surface area contributed by atoms with Crippen molar-refractivity contribution in [2.45, 2.75) is 37.9 Å². The Labute approximate surface area is 136 Å². The van der Waals surface area contributed by atoms with Crippen LogP contribution in [0.15, 0.2) is 18.3 Å². The summed E-state index contributed by atoms with van der Waals surface area (Å²) in [5.74, 6) is -1.95. The molecule has 0 unspecified atom stereocenters. The van der Waals surface area contributed by atoms with Crippen LogP contribution in [0, 0.1) is 5.92 Å². The number of carbonyl (C=O) groups excluding carboxylic acids is 1. The number of pyridine rings is 1. The number of nitrogens with one attached hydrogen (secondary N) is 1. The zero-order valence-corrected chi connectivity index (χ0v) is 12.7. The van der Waals surface area contributed by atoms with Gasteiger partial charge in [0.1, 0.15) is 0 Å². The highest BCUT2D eigenvalue weighted by atomic mass is 19.4. The number of ether oxygens (including phenoxy) is 1. The smallest absolute Gasteiger partial charge is 0.422 e. The van der Waals surface area contributed by atoms with Crippen LogP contribution < -0.4 is 10.1 Å². The lowest BCUT2D eigenvalue weighted by Gasteiger charge is -2.26. The molecular formula is C15H17F3N2O4. The van der Waals surface area contributed by atoms with Gasteiger partial charge in [-0.2, -0.15) is 13.2 Å².